The molecule has 4 nitrogen and oxygen atoms in total. The summed E-state index contributed by atoms with van der Waals surface area (Å²) < 4.78 is 0.812. The van der Waals surface area contributed by atoms with E-state index in [1.807, 2.05) is 51.1 Å². The average Bonchev–Trinajstić information content (AvgIpc) is 2.59. The second-order valence-electron chi connectivity index (χ2n) is 5.94. The van der Waals surface area contributed by atoms with Crippen molar-refractivity contribution in [2.24, 2.45) is 0 Å². The average molecular weight is 416 g/mol. The summed E-state index contributed by atoms with van der Waals surface area (Å²) in [7, 11) is 0. The molecule has 0 amide bonds. The van der Waals surface area contributed by atoms with Crippen molar-refractivity contribution in [1.29, 1.82) is 5.26 Å². The summed E-state index contributed by atoms with van der Waals surface area (Å²) in [5.74, 6) is 0.687. The van der Waals surface area contributed by atoms with Crippen molar-refractivity contribution in [2.75, 3.05) is 5.32 Å². The van der Waals surface area contributed by atoms with Crippen molar-refractivity contribution in [3.05, 3.63) is 62.2 Å². The molecule has 0 spiro atoms. The highest BCUT2D eigenvalue weighted by Crippen LogP contribution is 2.33. The molecule has 1 heterocycles. The Balaban J connectivity index is 2.05. The molecule has 1 aromatic heterocycles. The van der Waals surface area contributed by atoms with E-state index in [-0.39, 0.29) is 6.04 Å². The maximum Gasteiger partial charge on any atom is 0.157 e. The number of nitriles is 1. The first kappa shape index (κ1) is 17.7. The van der Waals surface area contributed by atoms with Gasteiger partial charge in [-0.2, -0.15) is 10.4 Å². The molecule has 6 heteroatoms. The van der Waals surface area contributed by atoms with Crippen LogP contribution in [0.15, 0.2) is 34.8 Å². The summed E-state index contributed by atoms with van der Waals surface area (Å²) in [6.45, 7) is 5.91. The number of rotatable bonds is 3. The minimum absolute atomic E-state index is 0.0250. The summed E-state index contributed by atoms with van der Waals surface area (Å²) in [5.41, 5.74) is 3.53. The zero-order chi connectivity index (χ0) is 18.1. The molecule has 0 radical (unpaired) electrons. The number of fused-ring (bicyclic) bond motifs is 1. The first-order chi connectivity index (χ1) is 11.9. The van der Waals surface area contributed by atoms with Gasteiger partial charge in [-0.15, -0.1) is 5.10 Å². The van der Waals surface area contributed by atoms with Gasteiger partial charge < -0.3 is 5.32 Å². The minimum atomic E-state index is -0.0250. The maximum atomic E-state index is 9.23. The largest absolute Gasteiger partial charge is 0.362 e. The molecule has 3 rings (SSSR count). The minimum Gasteiger partial charge on any atom is -0.362 e. The van der Waals surface area contributed by atoms with Gasteiger partial charge in [0.05, 0.1) is 28.4 Å². The zero-order valence-corrected chi connectivity index (χ0v) is 16.4. The Bertz CT molecular complexity index is 1010. The Morgan fingerprint density at radius 2 is 1.96 bits per heavy atom. The van der Waals surface area contributed by atoms with Crippen molar-refractivity contribution in [2.45, 2.75) is 26.8 Å². The molecule has 1 atom stereocenters. The third kappa shape index (κ3) is 3.33. The smallest absolute Gasteiger partial charge is 0.157 e. The fourth-order valence-corrected chi connectivity index (χ4v) is 3.42. The van der Waals surface area contributed by atoms with Crippen LogP contribution in [0.25, 0.3) is 10.8 Å². The Kier molecular flexibility index (Phi) is 4.94. The van der Waals surface area contributed by atoms with E-state index >= 15 is 0 Å². The number of hydrogen-bond donors (Lipinski definition) is 1. The lowest BCUT2D eigenvalue weighted by molar-refractivity contribution is 0.852. The number of anilines is 1. The Morgan fingerprint density at radius 3 is 2.68 bits per heavy atom. The van der Waals surface area contributed by atoms with Crippen molar-refractivity contribution in [3.8, 4) is 6.07 Å². The number of nitrogens with zero attached hydrogens (tertiary/aromatic N) is 3. The van der Waals surface area contributed by atoms with E-state index in [9.17, 15) is 5.26 Å². The predicted octanol–water partition coefficient (Wildman–Crippen LogP) is 5.71. The number of aryl methyl sites for hydroxylation is 1. The Hall–Kier alpha value is -2.16. The Labute approximate surface area is 160 Å². The van der Waals surface area contributed by atoms with Gasteiger partial charge in [0.1, 0.15) is 0 Å². The molecule has 0 bridgehead atoms. The SMILES string of the molecule is Cc1c(C#N)cccc1[C@@H](C)Nc1nnc(C)c2cc(Cl)c(Br)cc12. The molecule has 0 aliphatic rings. The molecule has 0 aliphatic carbocycles. The lowest BCUT2D eigenvalue weighted by Crippen LogP contribution is -2.11. The lowest BCUT2D eigenvalue weighted by Gasteiger charge is -2.19. The van der Waals surface area contributed by atoms with Crippen LogP contribution in [0, 0.1) is 25.2 Å². The normalized spacial score (nSPS) is 12.0. The number of aromatic nitrogens is 2. The van der Waals surface area contributed by atoms with Crippen molar-refractivity contribution in [1.82, 2.24) is 10.2 Å². The van der Waals surface area contributed by atoms with Crippen LogP contribution in [0.4, 0.5) is 5.82 Å². The molecule has 1 N–H and O–H groups in total. The lowest BCUT2D eigenvalue weighted by atomic mass is 9.98. The Morgan fingerprint density at radius 1 is 1.20 bits per heavy atom. The van der Waals surface area contributed by atoms with Gasteiger partial charge >= 0.3 is 0 Å². The summed E-state index contributed by atoms with van der Waals surface area (Å²) in [6, 6.07) is 11.8. The van der Waals surface area contributed by atoms with Crippen LogP contribution >= 0.6 is 27.5 Å². The zero-order valence-electron chi connectivity index (χ0n) is 14.1. The van der Waals surface area contributed by atoms with Crippen LogP contribution in [0.2, 0.25) is 5.02 Å². The number of nitrogens with one attached hydrogen (secondary N) is 1. The van der Waals surface area contributed by atoms with E-state index in [2.05, 4.69) is 37.5 Å². The van der Waals surface area contributed by atoms with Crippen LogP contribution < -0.4 is 5.32 Å². The number of hydrogen-bond acceptors (Lipinski definition) is 4. The second kappa shape index (κ2) is 6.99. The topological polar surface area (TPSA) is 61.6 Å². The standard InChI is InChI=1S/C19H16BrClN4/c1-10-13(9-22)5-4-6-14(10)11(2)23-19-16-7-17(20)18(21)8-15(16)12(3)24-25-19/h4-8,11H,1-3H3,(H,23,25)/t11-/m1/s1. The third-order valence-corrected chi connectivity index (χ3v) is 5.52. The van der Waals surface area contributed by atoms with Crippen LogP contribution in [0.5, 0.6) is 0 Å². The summed E-state index contributed by atoms with van der Waals surface area (Å²) in [4.78, 5) is 0. The van der Waals surface area contributed by atoms with Crippen molar-refractivity contribution >= 4 is 44.1 Å². The van der Waals surface area contributed by atoms with E-state index in [0.717, 1.165) is 32.1 Å². The maximum absolute atomic E-state index is 9.23. The molecule has 0 unspecified atom stereocenters. The second-order valence-corrected chi connectivity index (χ2v) is 7.21. The molecule has 2 aromatic carbocycles. The molecule has 0 saturated carbocycles. The highest BCUT2D eigenvalue weighted by Gasteiger charge is 2.15. The van der Waals surface area contributed by atoms with Gasteiger partial charge in [0.15, 0.2) is 5.82 Å². The van der Waals surface area contributed by atoms with Gasteiger partial charge in [-0.25, -0.2) is 0 Å². The quantitative estimate of drug-likeness (QED) is 0.595. The molecule has 0 saturated heterocycles. The highest BCUT2D eigenvalue weighted by atomic mass is 79.9. The summed E-state index contributed by atoms with van der Waals surface area (Å²) in [6.07, 6.45) is 0. The highest BCUT2D eigenvalue weighted by molar-refractivity contribution is 9.10. The molecular weight excluding hydrogens is 400 g/mol. The van der Waals surface area contributed by atoms with E-state index in [4.69, 9.17) is 11.6 Å². The molecule has 0 fully saturated rings. The fraction of sp³-hybridized carbons (Fsp3) is 0.211. The van der Waals surface area contributed by atoms with E-state index in [0.29, 0.717) is 16.4 Å². The predicted molar refractivity (Wildman–Crippen MR) is 105 cm³/mol. The number of benzene rings is 2. The molecule has 25 heavy (non-hydrogen) atoms. The first-order valence-corrected chi connectivity index (χ1v) is 8.97. The van der Waals surface area contributed by atoms with Crippen LogP contribution in [-0.2, 0) is 0 Å². The van der Waals surface area contributed by atoms with Crippen LogP contribution in [0.3, 0.4) is 0 Å². The fourth-order valence-electron chi connectivity index (χ4n) is 2.91. The summed E-state index contributed by atoms with van der Waals surface area (Å²) >= 11 is 9.69. The van der Waals surface area contributed by atoms with Gasteiger partial charge in [0.25, 0.3) is 0 Å². The van der Waals surface area contributed by atoms with Crippen LogP contribution in [-0.4, -0.2) is 10.2 Å². The van der Waals surface area contributed by atoms with Crippen molar-refractivity contribution < 1.29 is 0 Å². The van der Waals surface area contributed by atoms with E-state index in [1.54, 1.807) is 0 Å². The molecule has 3 aromatic rings. The molecule has 0 aliphatic heterocycles. The summed E-state index contributed by atoms with van der Waals surface area (Å²) in [5, 5.41) is 23.8. The molecule has 126 valence electrons. The van der Waals surface area contributed by atoms with E-state index in [1.165, 1.54) is 0 Å². The monoisotopic (exact) mass is 414 g/mol. The van der Waals surface area contributed by atoms with Gasteiger partial charge in [-0.1, -0.05) is 23.7 Å². The van der Waals surface area contributed by atoms with Gasteiger partial charge in [-0.05, 0) is 66.0 Å². The van der Waals surface area contributed by atoms with Gasteiger partial charge in [0.2, 0.25) is 0 Å². The van der Waals surface area contributed by atoms with Gasteiger partial charge in [-0.3, -0.25) is 0 Å². The van der Waals surface area contributed by atoms with E-state index < -0.39 is 0 Å². The van der Waals surface area contributed by atoms with Crippen molar-refractivity contribution in [3.63, 3.8) is 0 Å². The molecular formula is C19H16BrClN4. The van der Waals surface area contributed by atoms with Gasteiger partial charge in [0, 0.05) is 15.2 Å². The first-order valence-electron chi connectivity index (χ1n) is 7.80. The third-order valence-electron chi connectivity index (χ3n) is 4.32. The number of halogens is 2. The van der Waals surface area contributed by atoms with Crippen LogP contribution in [0.1, 0.15) is 35.3 Å².